The summed E-state index contributed by atoms with van der Waals surface area (Å²) in [5.74, 6) is 6.25. The Bertz CT molecular complexity index is 940. The molecule has 0 spiro atoms. The van der Waals surface area contributed by atoms with Crippen molar-refractivity contribution in [1.82, 2.24) is 5.32 Å². The van der Waals surface area contributed by atoms with Gasteiger partial charge in [-0.3, -0.25) is 0 Å². The van der Waals surface area contributed by atoms with Crippen molar-refractivity contribution in [3.63, 3.8) is 0 Å². The summed E-state index contributed by atoms with van der Waals surface area (Å²) in [5.41, 5.74) is 4.24. The van der Waals surface area contributed by atoms with Gasteiger partial charge in [-0.2, -0.15) is 0 Å². The van der Waals surface area contributed by atoms with Crippen LogP contribution in [-0.4, -0.2) is 12.7 Å². The predicted molar refractivity (Wildman–Crippen MR) is 107 cm³/mol. The van der Waals surface area contributed by atoms with Crippen LogP contribution in [0.1, 0.15) is 28.3 Å². The topological polar surface area (TPSA) is 38.3 Å². The number of ether oxygens (including phenoxy) is 1. The molecule has 1 saturated heterocycles. The summed E-state index contributed by atoms with van der Waals surface area (Å²) in [4.78, 5) is 11.1. The zero-order valence-electron chi connectivity index (χ0n) is 15.2. The number of benzene rings is 3. The van der Waals surface area contributed by atoms with Gasteiger partial charge in [0.1, 0.15) is 6.61 Å². The first-order chi connectivity index (χ1) is 13.2. The molecule has 3 heteroatoms. The third kappa shape index (κ3) is 5.76. The molecule has 0 aliphatic carbocycles. The molecule has 1 amide bonds. The highest BCUT2D eigenvalue weighted by atomic mass is 16.6. The van der Waals surface area contributed by atoms with E-state index in [1.165, 1.54) is 5.56 Å². The average Bonchev–Trinajstić information content (AvgIpc) is 3.15. The third-order valence-electron chi connectivity index (χ3n) is 4.03. The Balaban J connectivity index is 0.000000253. The van der Waals surface area contributed by atoms with E-state index in [-0.39, 0.29) is 12.1 Å². The van der Waals surface area contributed by atoms with E-state index in [0.29, 0.717) is 6.61 Å². The standard InChI is InChI=1S/C17H13NO2.C7H8/c19-17-18-16(12-20-17)15-8-4-7-14(11-15)10-9-13-5-2-1-3-6-13;1-7-5-3-2-4-6-7/h1-8,11,16H,12H2,(H,18,19);2-6H,1H3/t16-;/m0./s1. The van der Waals surface area contributed by atoms with Gasteiger partial charge in [-0.15, -0.1) is 0 Å². The van der Waals surface area contributed by atoms with Crippen LogP contribution in [0.3, 0.4) is 0 Å². The minimum atomic E-state index is -0.365. The van der Waals surface area contributed by atoms with Crippen LogP contribution in [0.2, 0.25) is 0 Å². The van der Waals surface area contributed by atoms with E-state index in [2.05, 4.69) is 36.2 Å². The second-order valence-electron chi connectivity index (χ2n) is 6.19. The lowest BCUT2D eigenvalue weighted by molar-refractivity contribution is 0.177. The molecule has 3 nitrogen and oxygen atoms in total. The molecular formula is C24H21NO2. The van der Waals surface area contributed by atoms with Gasteiger partial charge in [-0.25, -0.2) is 4.79 Å². The Labute approximate surface area is 160 Å². The Kier molecular flexibility index (Phi) is 6.27. The molecule has 0 unspecified atom stereocenters. The predicted octanol–water partition coefficient (Wildman–Crippen LogP) is 4.86. The van der Waals surface area contributed by atoms with Crippen molar-refractivity contribution >= 4 is 6.09 Å². The van der Waals surface area contributed by atoms with Crippen LogP contribution in [0.4, 0.5) is 4.79 Å². The second kappa shape index (κ2) is 9.26. The molecule has 0 saturated carbocycles. The second-order valence-corrected chi connectivity index (χ2v) is 6.19. The lowest BCUT2D eigenvalue weighted by Gasteiger charge is -2.07. The van der Waals surface area contributed by atoms with Crippen molar-refractivity contribution in [2.75, 3.05) is 6.61 Å². The summed E-state index contributed by atoms with van der Waals surface area (Å²) in [5, 5.41) is 2.76. The first-order valence-electron chi connectivity index (χ1n) is 8.83. The number of cyclic esters (lactones) is 1. The van der Waals surface area contributed by atoms with Gasteiger partial charge < -0.3 is 10.1 Å². The van der Waals surface area contributed by atoms with Crippen molar-refractivity contribution in [3.05, 3.63) is 107 Å². The van der Waals surface area contributed by atoms with E-state index in [9.17, 15) is 4.79 Å². The molecule has 1 heterocycles. The van der Waals surface area contributed by atoms with Crippen molar-refractivity contribution in [2.24, 2.45) is 0 Å². The molecule has 0 aromatic heterocycles. The molecule has 27 heavy (non-hydrogen) atoms. The normalized spacial score (nSPS) is 14.7. The number of amides is 1. The van der Waals surface area contributed by atoms with Crippen molar-refractivity contribution in [3.8, 4) is 11.8 Å². The molecule has 1 aliphatic heterocycles. The molecule has 0 bridgehead atoms. The fourth-order valence-electron chi connectivity index (χ4n) is 2.60. The third-order valence-corrected chi connectivity index (χ3v) is 4.03. The van der Waals surface area contributed by atoms with Crippen LogP contribution < -0.4 is 5.32 Å². The van der Waals surface area contributed by atoms with Gasteiger partial charge >= 0.3 is 6.09 Å². The quantitative estimate of drug-likeness (QED) is 0.633. The summed E-state index contributed by atoms with van der Waals surface area (Å²) in [7, 11) is 0. The molecule has 134 valence electrons. The number of carbonyl (C=O) groups excluding carboxylic acids is 1. The maximum absolute atomic E-state index is 11.1. The Morgan fingerprint density at radius 3 is 2.07 bits per heavy atom. The van der Waals surface area contributed by atoms with Crippen LogP contribution in [0.25, 0.3) is 0 Å². The smallest absolute Gasteiger partial charge is 0.407 e. The number of alkyl carbamates (subject to hydrolysis) is 1. The van der Waals surface area contributed by atoms with Crippen LogP contribution in [0.15, 0.2) is 84.9 Å². The molecule has 0 radical (unpaired) electrons. The van der Waals surface area contributed by atoms with Crippen molar-refractivity contribution in [2.45, 2.75) is 13.0 Å². The SMILES string of the molecule is Cc1ccccc1.O=C1N[C@H](c2cccc(C#Cc3ccccc3)c2)CO1. The molecule has 3 aromatic rings. The van der Waals surface area contributed by atoms with Gasteiger partial charge in [0.05, 0.1) is 6.04 Å². The van der Waals surface area contributed by atoms with Gasteiger partial charge in [0.15, 0.2) is 0 Å². The first kappa shape index (κ1) is 18.3. The maximum Gasteiger partial charge on any atom is 0.407 e. The fourth-order valence-corrected chi connectivity index (χ4v) is 2.60. The summed E-state index contributed by atoms with van der Waals surface area (Å²) < 4.78 is 4.90. The van der Waals surface area contributed by atoms with Gasteiger partial charge in [0, 0.05) is 11.1 Å². The highest BCUT2D eigenvalue weighted by molar-refractivity contribution is 5.70. The average molecular weight is 355 g/mol. The monoisotopic (exact) mass is 355 g/mol. The van der Waals surface area contributed by atoms with Crippen LogP contribution in [0.5, 0.6) is 0 Å². The highest BCUT2D eigenvalue weighted by Crippen LogP contribution is 2.18. The van der Waals surface area contributed by atoms with E-state index in [4.69, 9.17) is 4.74 Å². The Hall–Kier alpha value is -3.51. The van der Waals surface area contributed by atoms with E-state index in [0.717, 1.165) is 16.7 Å². The van der Waals surface area contributed by atoms with Crippen molar-refractivity contribution < 1.29 is 9.53 Å². The van der Waals surface area contributed by atoms with Crippen molar-refractivity contribution in [1.29, 1.82) is 0 Å². The number of hydrogen-bond acceptors (Lipinski definition) is 2. The number of nitrogens with one attached hydrogen (secondary N) is 1. The minimum Gasteiger partial charge on any atom is -0.447 e. The molecule has 1 aliphatic rings. The summed E-state index contributed by atoms with van der Waals surface area (Å²) >= 11 is 0. The molecule has 3 aromatic carbocycles. The summed E-state index contributed by atoms with van der Waals surface area (Å²) in [6.45, 7) is 2.45. The van der Waals surface area contributed by atoms with Gasteiger partial charge in [0.25, 0.3) is 0 Å². The fraction of sp³-hybridized carbons (Fsp3) is 0.125. The molecule has 4 rings (SSSR count). The lowest BCUT2D eigenvalue weighted by atomic mass is 10.0. The molecule has 1 atom stereocenters. The lowest BCUT2D eigenvalue weighted by Crippen LogP contribution is -2.18. The van der Waals surface area contributed by atoms with E-state index in [1.54, 1.807) is 0 Å². The van der Waals surface area contributed by atoms with E-state index < -0.39 is 0 Å². The number of hydrogen-bond donors (Lipinski definition) is 1. The number of aryl methyl sites for hydroxylation is 1. The minimum absolute atomic E-state index is 0.0824. The van der Waals surface area contributed by atoms with Gasteiger partial charge in [-0.1, -0.05) is 78.1 Å². The Morgan fingerprint density at radius 1 is 0.852 bits per heavy atom. The maximum atomic E-state index is 11.1. The Morgan fingerprint density at radius 2 is 1.48 bits per heavy atom. The summed E-state index contributed by atoms with van der Waals surface area (Å²) in [6, 6.07) is 27.9. The highest BCUT2D eigenvalue weighted by Gasteiger charge is 2.23. The largest absolute Gasteiger partial charge is 0.447 e. The first-order valence-corrected chi connectivity index (χ1v) is 8.83. The number of carbonyl (C=O) groups is 1. The molecular weight excluding hydrogens is 334 g/mol. The molecule has 1 N–H and O–H groups in total. The van der Waals surface area contributed by atoms with Crippen LogP contribution in [-0.2, 0) is 4.74 Å². The molecule has 1 fully saturated rings. The zero-order valence-corrected chi connectivity index (χ0v) is 15.2. The zero-order chi connectivity index (χ0) is 18.9. The van der Waals surface area contributed by atoms with Gasteiger partial charge in [-0.05, 0) is 36.8 Å². The van der Waals surface area contributed by atoms with Crippen LogP contribution in [0, 0.1) is 18.8 Å². The van der Waals surface area contributed by atoms with E-state index in [1.807, 2.05) is 72.8 Å². The van der Waals surface area contributed by atoms with Gasteiger partial charge in [0.2, 0.25) is 0 Å². The summed E-state index contributed by atoms with van der Waals surface area (Å²) in [6.07, 6.45) is -0.365. The van der Waals surface area contributed by atoms with Crippen LogP contribution >= 0.6 is 0 Å². The number of rotatable bonds is 1. The van der Waals surface area contributed by atoms with E-state index >= 15 is 0 Å².